The maximum absolute atomic E-state index is 5.81. The van der Waals surface area contributed by atoms with Crippen LogP contribution in [0.3, 0.4) is 0 Å². The highest BCUT2D eigenvalue weighted by Gasteiger charge is 2.07. The van der Waals surface area contributed by atoms with E-state index in [1.165, 1.54) is 16.7 Å². The summed E-state index contributed by atoms with van der Waals surface area (Å²) in [6.07, 6.45) is 2.62. The number of benzene rings is 1. The van der Waals surface area contributed by atoms with Crippen LogP contribution in [-0.4, -0.2) is 14.6 Å². The summed E-state index contributed by atoms with van der Waals surface area (Å²) < 4.78 is 1.95. The molecular weight excluding hydrogens is 236 g/mol. The monoisotopic (exact) mass is 252 g/mol. The lowest BCUT2D eigenvalue weighted by molar-refractivity contribution is 0.933. The highest BCUT2D eigenvalue weighted by Crippen LogP contribution is 2.15. The summed E-state index contributed by atoms with van der Waals surface area (Å²) >= 11 is 0. The Morgan fingerprint density at radius 2 is 1.89 bits per heavy atom. The lowest BCUT2D eigenvalue weighted by Crippen LogP contribution is -1.98. The number of aryl methyl sites for hydroxylation is 2. The fourth-order valence-corrected chi connectivity index (χ4v) is 2.17. The second kappa shape index (κ2) is 4.39. The number of fused-ring (bicyclic) bond motifs is 1. The van der Waals surface area contributed by atoms with Crippen molar-refractivity contribution >= 4 is 11.3 Å². The van der Waals surface area contributed by atoms with Crippen LogP contribution in [0.5, 0.6) is 0 Å². The molecule has 0 fully saturated rings. The van der Waals surface area contributed by atoms with E-state index < -0.39 is 0 Å². The standard InChI is InChI=1S/C15H16N4/c1-10-3-4-12(7-11(10)2)8-15-18-17-14-6-5-13(16)9-19(14)15/h3-7,9H,8,16H2,1-2H3. The maximum Gasteiger partial charge on any atom is 0.160 e. The molecular formula is C15H16N4. The van der Waals surface area contributed by atoms with E-state index in [4.69, 9.17) is 5.73 Å². The van der Waals surface area contributed by atoms with Gasteiger partial charge >= 0.3 is 0 Å². The zero-order chi connectivity index (χ0) is 13.4. The predicted molar refractivity (Wildman–Crippen MR) is 76.1 cm³/mol. The molecule has 2 aromatic heterocycles. The Morgan fingerprint density at radius 1 is 1.05 bits per heavy atom. The first kappa shape index (κ1) is 11.7. The molecule has 4 heteroatoms. The Bertz CT molecular complexity index is 743. The number of rotatable bonds is 2. The Balaban J connectivity index is 2.00. The quantitative estimate of drug-likeness (QED) is 0.762. The van der Waals surface area contributed by atoms with Crippen molar-refractivity contribution in [3.63, 3.8) is 0 Å². The van der Waals surface area contributed by atoms with Gasteiger partial charge in [0.1, 0.15) is 5.82 Å². The third kappa shape index (κ3) is 2.17. The number of aromatic nitrogens is 3. The zero-order valence-corrected chi connectivity index (χ0v) is 11.1. The van der Waals surface area contributed by atoms with E-state index in [9.17, 15) is 0 Å². The molecule has 3 aromatic rings. The molecule has 0 unspecified atom stereocenters. The van der Waals surface area contributed by atoms with E-state index in [0.29, 0.717) is 5.69 Å². The molecule has 2 heterocycles. The predicted octanol–water partition coefficient (Wildman–Crippen LogP) is 2.52. The van der Waals surface area contributed by atoms with Gasteiger partial charge in [0, 0.05) is 18.3 Å². The van der Waals surface area contributed by atoms with Crippen LogP contribution in [0.15, 0.2) is 36.5 Å². The average molecular weight is 252 g/mol. The van der Waals surface area contributed by atoms with Crippen molar-refractivity contribution in [3.05, 3.63) is 59.0 Å². The average Bonchev–Trinajstić information content (AvgIpc) is 2.77. The Kier molecular flexibility index (Phi) is 2.71. The van der Waals surface area contributed by atoms with Crippen LogP contribution in [0.1, 0.15) is 22.5 Å². The number of nitrogens with two attached hydrogens (primary N) is 1. The van der Waals surface area contributed by atoms with Crippen molar-refractivity contribution < 1.29 is 0 Å². The van der Waals surface area contributed by atoms with Gasteiger partial charge in [0.2, 0.25) is 0 Å². The van der Waals surface area contributed by atoms with Crippen LogP contribution in [0.4, 0.5) is 5.69 Å². The van der Waals surface area contributed by atoms with Crippen LogP contribution in [0.25, 0.3) is 5.65 Å². The van der Waals surface area contributed by atoms with Gasteiger partial charge in [0.25, 0.3) is 0 Å². The molecule has 0 saturated heterocycles. The van der Waals surface area contributed by atoms with Gasteiger partial charge < -0.3 is 5.73 Å². The first-order chi connectivity index (χ1) is 9.13. The maximum atomic E-state index is 5.81. The molecule has 4 nitrogen and oxygen atoms in total. The number of anilines is 1. The Hall–Kier alpha value is -2.36. The third-order valence-corrected chi connectivity index (χ3v) is 3.43. The van der Waals surface area contributed by atoms with Crippen molar-refractivity contribution in [1.29, 1.82) is 0 Å². The third-order valence-electron chi connectivity index (χ3n) is 3.43. The van der Waals surface area contributed by atoms with Crippen molar-refractivity contribution in [1.82, 2.24) is 14.6 Å². The molecule has 96 valence electrons. The summed E-state index contributed by atoms with van der Waals surface area (Å²) in [6, 6.07) is 10.2. The fraction of sp³-hybridized carbons (Fsp3) is 0.200. The minimum Gasteiger partial charge on any atom is -0.398 e. The summed E-state index contributed by atoms with van der Waals surface area (Å²) in [4.78, 5) is 0. The van der Waals surface area contributed by atoms with Gasteiger partial charge in [-0.1, -0.05) is 18.2 Å². The molecule has 1 aromatic carbocycles. The van der Waals surface area contributed by atoms with Crippen LogP contribution in [0, 0.1) is 13.8 Å². The summed E-state index contributed by atoms with van der Waals surface area (Å²) in [7, 11) is 0. The minimum absolute atomic E-state index is 0.716. The molecule has 0 atom stereocenters. The lowest BCUT2D eigenvalue weighted by Gasteiger charge is -2.05. The first-order valence-corrected chi connectivity index (χ1v) is 6.29. The van der Waals surface area contributed by atoms with Crippen LogP contribution < -0.4 is 5.73 Å². The van der Waals surface area contributed by atoms with E-state index in [-0.39, 0.29) is 0 Å². The van der Waals surface area contributed by atoms with Gasteiger partial charge in [-0.15, -0.1) is 10.2 Å². The van der Waals surface area contributed by atoms with Gasteiger partial charge in [-0.25, -0.2) is 0 Å². The van der Waals surface area contributed by atoms with Gasteiger partial charge in [-0.3, -0.25) is 4.40 Å². The van der Waals surface area contributed by atoms with Gasteiger partial charge in [0.05, 0.1) is 0 Å². The topological polar surface area (TPSA) is 56.2 Å². The lowest BCUT2D eigenvalue weighted by atomic mass is 10.0. The Labute approximate surface area is 111 Å². The summed E-state index contributed by atoms with van der Waals surface area (Å²) in [5.74, 6) is 0.908. The van der Waals surface area contributed by atoms with Gasteiger partial charge in [0.15, 0.2) is 5.65 Å². The molecule has 0 aliphatic heterocycles. The number of hydrogen-bond donors (Lipinski definition) is 1. The zero-order valence-electron chi connectivity index (χ0n) is 11.1. The summed E-state index contributed by atoms with van der Waals surface area (Å²) in [5, 5.41) is 8.39. The highest BCUT2D eigenvalue weighted by atomic mass is 15.2. The summed E-state index contributed by atoms with van der Waals surface area (Å²) in [5.41, 5.74) is 11.2. The number of nitrogens with zero attached hydrogens (tertiary/aromatic N) is 3. The van der Waals surface area contributed by atoms with Crippen molar-refractivity contribution in [3.8, 4) is 0 Å². The van der Waals surface area contributed by atoms with Crippen molar-refractivity contribution in [2.24, 2.45) is 0 Å². The number of hydrogen-bond acceptors (Lipinski definition) is 3. The second-order valence-corrected chi connectivity index (χ2v) is 4.90. The largest absolute Gasteiger partial charge is 0.398 e. The van der Waals surface area contributed by atoms with Crippen molar-refractivity contribution in [2.75, 3.05) is 5.73 Å². The molecule has 0 spiro atoms. The molecule has 2 N–H and O–H groups in total. The van der Waals surface area contributed by atoms with Crippen LogP contribution in [0.2, 0.25) is 0 Å². The van der Waals surface area contributed by atoms with Crippen LogP contribution >= 0.6 is 0 Å². The highest BCUT2D eigenvalue weighted by molar-refractivity contribution is 5.47. The fourth-order valence-electron chi connectivity index (χ4n) is 2.17. The van der Waals surface area contributed by atoms with E-state index in [0.717, 1.165) is 17.9 Å². The van der Waals surface area contributed by atoms with Gasteiger partial charge in [-0.05, 0) is 42.7 Å². The molecule has 3 rings (SSSR count). The number of nitrogen functional groups attached to an aromatic ring is 1. The first-order valence-electron chi connectivity index (χ1n) is 6.29. The molecule has 0 radical (unpaired) electrons. The second-order valence-electron chi connectivity index (χ2n) is 4.90. The number of pyridine rings is 1. The smallest absolute Gasteiger partial charge is 0.160 e. The van der Waals surface area contributed by atoms with E-state index in [1.807, 2.05) is 22.7 Å². The van der Waals surface area contributed by atoms with Crippen LogP contribution in [-0.2, 0) is 6.42 Å². The molecule has 0 aliphatic carbocycles. The Morgan fingerprint density at radius 3 is 2.68 bits per heavy atom. The molecule has 0 aliphatic rings. The summed E-state index contributed by atoms with van der Waals surface area (Å²) in [6.45, 7) is 4.24. The molecule has 0 amide bonds. The normalized spacial score (nSPS) is 11.1. The van der Waals surface area contributed by atoms with E-state index in [2.05, 4.69) is 42.2 Å². The van der Waals surface area contributed by atoms with E-state index in [1.54, 1.807) is 0 Å². The molecule has 0 bridgehead atoms. The minimum atomic E-state index is 0.716. The SMILES string of the molecule is Cc1ccc(Cc2nnc3ccc(N)cn23)cc1C. The molecule has 19 heavy (non-hydrogen) atoms. The van der Waals surface area contributed by atoms with Crippen molar-refractivity contribution in [2.45, 2.75) is 20.3 Å². The van der Waals surface area contributed by atoms with Gasteiger partial charge in [-0.2, -0.15) is 0 Å². The van der Waals surface area contributed by atoms with E-state index >= 15 is 0 Å². The molecule has 0 saturated carbocycles.